The number of hydrogen-bond donors (Lipinski definition) is 1. The van der Waals surface area contributed by atoms with E-state index in [9.17, 15) is 9.50 Å². The van der Waals surface area contributed by atoms with Crippen LogP contribution in [0.15, 0.2) is 30.6 Å². The first-order valence-corrected chi connectivity index (χ1v) is 7.55. The van der Waals surface area contributed by atoms with Crippen molar-refractivity contribution in [3.63, 3.8) is 0 Å². The van der Waals surface area contributed by atoms with Crippen molar-refractivity contribution in [2.24, 2.45) is 0 Å². The largest absolute Gasteiger partial charge is 0.388 e. The Labute approximate surface area is 139 Å². The molecular weight excluding hydrogens is 319 g/mol. The van der Waals surface area contributed by atoms with Crippen molar-refractivity contribution in [1.29, 1.82) is 5.26 Å². The monoisotopic (exact) mass is 334 g/mol. The molecule has 0 amide bonds. The highest BCUT2D eigenvalue weighted by molar-refractivity contribution is 6.32. The number of rotatable bonds is 6. The minimum absolute atomic E-state index is 0.153. The maximum atomic E-state index is 14.2. The molecule has 0 saturated heterocycles. The van der Waals surface area contributed by atoms with E-state index in [0.29, 0.717) is 29.9 Å². The third kappa shape index (κ3) is 4.05. The van der Waals surface area contributed by atoms with Crippen LogP contribution in [0.5, 0.6) is 0 Å². The molecule has 0 saturated carbocycles. The van der Waals surface area contributed by atoms with Gasteiger partial charge in [-0.1, -0.05) is 17.7 Å². The van der Waals surface area contributed by atoms with Crippen LogP contribution in [0.3, 0.4) is 0 Å². The summed E-state index contributed by atoms with van der Waals surface area (Å²) >= 11 is 6.03. The van der Waals surface area contributed by atoms with Crippen molar-refractivity contribution in [2.75, 3.05) is 13.2 Å². The molecular formula is C17H16ClFN2O2. The average Bonchev–Trinajstić information content (AvgIpc) is 2.54. The number of hydrogen-bond acceptors (Lipinski definition) is 4. The molecule has 2 aromatic rings. The molecule has 23 heavy (non-hydrogen) atoms. The Hall–Kier alpha value is -2.00. The van der Waals surface area contributed by atoms with Crippen molar-refractivity contribution in [3.8, 4) is 17.2 Å². The highest BCUT2D eigenvalue weighted by Crippen LogP contribution is 2.33. The minimum atomic E-state index is -1.02. The molecule has 120 valence electrons. The van der Waals surface area contributed by atoms with Crippen LogP contribution in [-0.4, -0.2) is 23.3 Å². The molecule has 1 N–H and O–H groups in total. The maximum absolute atomic E-state index is 14.2. The Morgan fingerprint density at radius 2 is 2.22 bits per heavy atom. The number of benzene rings is 1. The molecule has 0 aliphatic heterocycles. The molecule has 1 aromatic carbocycles. The number of nitrogens with zero attached hydrogens (tertiary/aromatic N) is 2. The van der Waals surface area contributed by atoms with E-state index in [4.69, 9.17) is 21.6 Å². The molecule has 4 nitrogen and oxygen atoms in total. The van der Waals surface area contributed by atoms with E-state index in [1.165, 1.54) is 6.20 Å². The number of aliphatic hydroxyl groups is 1. The fraction of sp³-hybridized carbons (Fsp3) is 0.294. The van der Waals surface area contributed by atoms with Crippen molar-refractivity contribution >= 4 is 11.6 Å². The van der Waals surface area contributed by atoms with Crippen molar-refractivity contribution in [2.45, 2.75) is 19.4 Å². The van der Waals surface area contributed by atoms with Gasteiger partial charge in [-0.3, -0.25) is 4.98 Å². The number of halogens is 2. The Balaban J connectivity index is 2.41. The molecule has 0 radical (unpaired) electrons. The van der Waals surface area contributed by atoms with Crippen LogP contribution in [-0.2, 0) is 4.74 Å². The first kappa shape index (κ1) is 17.4. The molecule has 1 unspecified atom stereocenters. The second-order valence-electron chi connectivity index (χ2n) is 4.89. The van der Waals surface area contributed by atoms with Gasteiger partial charge in [-0.15, -0.1) is 0 Å². The zero-order valence-electron chi connectivity index (χ0n) is 12.6. The average molecular weight is 335 g/mol. The summed E-state index contributed by atoms with van der Waals surface area (Å²) < 4.78 is 19.4. The van der Waals surface area contributed by atoms with E-state index in [0.717, 1.165) is 6.20 Å². The fourth-order valence-electron chi connectivity index (χ4n) is 2.27. The predicted molar refractivity (Wildman–Crippen MR) is 85.4 cm³/mol. The van der Waals surface area contributed by atoms with Gasteiger partial charge >= 0.3 is 0 Å². The van der Waals surface area contributed by atoms with Crippen molar-refractivity contribution in [1.82, 2.24) is 4.98 Å². The van der Waals surface area contributed by atoms with Gasteiger partial charge in [0.25, 0.3) is 0 Å². The summed E-state index contributed by atoms with van der Waals surface area (Å²) in [6.07, 6.45) is 1.79. The van der Waals surface area contributed by atoms with Gasteiger partial charge in [-0.05, 0) is 24.6 Å². The summed E-state index contributed by atoms with van der Waals surface area (Å²) in [6, 6.07) is 6.74. The molecule has 0 fully saturated rings. The smallest absolute Gasteiger partial charge is 0.147 e. The molecule has 1 atom stereocenters. The van der Waals surface area contributed by atoms with Crippen LogP contribution in [0.2, 0.25) is 5.02 Å². The van der Waals surface area contributed by atoms with E-state index in [2.05, 4.69) is 4.98 Å². The summed E-state index contributed by atoms with van der Waals surface area (Å²) in [7, 11) is 0. The molecule has 0 aliphatic rings. The Kier molecular flexibility index (Phi) is 6.05. The second-order valence-corrected chi connectivity index (χ2v) is 5.30. The zero-order valence-corrected chi connectivity index (χ0v) is 13.3. The summed E-state index contributed by atoms with van der Waals surface area (Å²) in [5.41, 5.74) is 1.52. The van der Waals surface area contributed by atoms with Crippen molar-refractivity contribution < 1.29 is 14.2 Å². The first-order valence-electron chi connectivity index (χ1n) is 7.17. The van der Waals surface area contributed by atoms with Gasteiger partial charge in [0.1, 0.15) is 11.9 Å². The fourth-order valence-corrected chi connectivity index (χ4v) is 2.49. The zero-order chi connectivity index (χ0) is 16.8. The summed E-state index contributed by atoms with van der Waals surface area (Å²) in [5.74, 6) is -0.591. The van der Waals surface area contributed by atoms with Gasteiger partial charge < -0.3 is 9.84 Å². The number of aliphatic hydroxyl groups excluding tert-OH is 1. The Morgan fingerprint density at radius 1 is 1.43 bits per heavy atom. The normalized spacial score (nSPS) is 12.0. The highest BCUT2D eigenvalue weighted by Gasteiger charge is 2.19. The van der Waals surface area contributed by atoms with Gasteiger partial charge in [0.15, 0.2) is 0 Å². The van der Waals surface area contributed by atoms with E-state index < -0.39 is 11.9 Å². The van der Waals surface area contributed by atoms with E-state index in [1.54, 1.807) is 18.2 Å². The molecule has 0 bridgehead atoms. The Morgan fingerprint density at radius 3 is 2.87 bits per heavy atom. The number of aromatic nitrogens is 1. The second kappa shape index (κ2) is 8.02. The topological polar surface area (TPSA) is 66.1 Å². The third-order valence-corrected chi connectivity index (χ3v) is 3.73. The predicted octanol–water partition coefficient (Wildman–Crippen LogP) is 3.87. The number of nitriles is 1. The first-order chi connectivity index (χ1) is 11.1. The van der Waals surface area contributed by atoms with Crippen molar-refractivity contribution in [3.05, 3.63) is 52.6 Å². The maximum Gasteiger partial charge on any atom is 0.147 e. The molecule has 1 aromatic heterocycles. The van der Waals surface area contributed by atoms with Crippen LogP contribution >= 0.6 is 11.6 Å². The van der Waals surface area contributed by atoms with Crippen LogP contribution in [0.25, 0.3) is 11.1 Å². The lowest BCUT2D eigenvalue weighted by atomic mass is 9.96. The van der Waals surface area contributed by atoms with Crippen LogP contribution in [0, 0.1) is 17.1 Å². The molecule has 6 heteroatoms. The Bertz CT molecular complexity index is 731. The third-order valence-electron chi connectivity index (χ3n) is 3.41. The standard InChI is InChI=1S/C17H16ClFN2O2/c1-2-23-6-5-16(22)17-13(9-21-10-15(17)19)11-3-4-12(8-20)14(18)7-11/h3-4,7,9-10,16,22H,2,5-6H2,1H3. The van der Waals surface area contributed by atoms with Crippen LogP contribution in [0.4, 0.5) is 4.39 Å². The lowest BCUT2D eigenvalue weighted by Gasteiger charge is -2.16. The quantitative estimate of drug-likeness (QED) is 0.814. The van der Waals surface area contributed by atoms with E-state index in [1.807, 2.05) is 13.0 Å². The SMILES string of the molecule is CCOCCC(O)c1c(F)cncc1-c1ccc(C#N)c(Cl)c1. The van der Waals surface area contributed by atoms with E-state index in [-0.39, 0.29) is 17.0 Å². The minimum Gasteiger partial charge on any atom is -0.388 e. The van der Waals surface area contributed by atoms with Crippen LogP contribution < -0.4 is 0 Å². The van der Waals surface area contributed by atoms with Gasteiger partial charge in [-0.25, -0.2) is 4.39 Å². The van der Waals surface area contributed by atoms with Gasteiger partial charge in [0.05, 0.1) is 22.9 Å². The highest BCUT2D eigenvalue weighted by atomic mass is 35.5. The summed E-state index contributed by atoms with van der Waals surface area (Å²) in [6.45, 7) is 2.71. The van der Waals surface area contributed by atoms with E-state index >= 15 is 0 Å². The number of pyridine rings is 1. The van der Waals surface area contributed by atoms with Gasteiger partial charge in [0.2, 0.25) is 0 Å². The molecule has 1 heterocycles. The van der Waals surface area contributed by atoms with Crippen LogP contribution in [0.1, 0.15) is 30.6 Å². The lowest BCUT2D eigenvalue weighted by Crippen LogP contribution is -2.08. The molecule has 2 rings (SSSR count). The van der Waals surface area contributed by atoms with Gasteiger partial charge in [0, 0.05) is 37.0 Å². The lowest BCUT2D eigenvalue weighted by molar-refractivity contribution is 0.0871. The molecule has 0 spiro atoms. The summed E-state index contributed by atoms with van der Waals surface area (Å²) in [4.78, 5) is 3.85. The number of ether oxygens (including phenoxy) is 1. The molecule has 0 aliphatic carbocycles. The summed E-state index contributed by atoms with van der Waals surface area (Å²) in [5, 5.41) is 19.5. The van der Waals surface area contributed by atoms with Gasteiger partial charge in [-0.2, -0.15) is 5.26 Å².